The third-order valence-electron chi connectivity index (χ3n) is 4.30. The molecule has 0 saturated heterocycles. The Hall–Kier alpha value is -3.20. The van der Waals surface area contributed by atoms with Crippen molar-refractivity contribution in [3.05, 3.63) is 69.1 Å². The van der Waals surface area contributed by atoms with E-state index in [1.165, 1.54) is 4.68 Å². The predicted molar refractivity (Wildman–Crippen MR) is 105 cm³/mol. The van der Waals surface area contributed by atoms with E-state index in [2.05, 4.69) is 10.1 Å². The van der Waals surface area contributed by atoms with Gasteiger partial charge in [-0.1, -0.05) is 18.2 Å². The number of aromatic nitrogens is 3. The van der Waals surface area contributed by atoms with Gasteiger partial charge in [0.2, 0.25) is 0 Å². The van der Waals surface area contributed by atoms with Crippen molar-refractivity contribution in [1.82, 2.24) is 14.8 Å². The summed E-state index contributed by atoms with van der Waals surface area (Å²) >= 11 is 1.03. The van der Waals surface area contributed by atoms with Crippen LogP contribution in [0.2, 0.25) is 0 Å². The summed E-state index contributed by atoms with van der Waals surface area (Å²) in [6, 6.07) is 8.78. The first-order valence-electron chi connectivity index (χ1n) is 8.85. The molecule has 0 fully saturated rings. The molecule has 148 valence electrons. The smallest absolute Gasteiger partial charge is 0.311 e. The molecule has 0 saturated carbocycles. The average Bonchev–Trinajstić information content (AvgIpc) is 3.08. The first-order chi connectivity index (χ1) is 14.0. The van der Waals surface area contributed by atoms with E-state index in [4.69, 9.17) is 4.74 Å². The molecular formula is C20H15F2N3O3S. The molecule has 4 rings (SSSR count). The van der Waals surface area contributed by atoms with Crippen LogP contribution in [-0.4, -0.2) is 27.3 Å². The summed E-state index contributed by atoms with van der Waals surface area (Å²) in [7, 11) is 0. The average molecular weight is 415 g/mol. The zero-order valence-corrected chi connectivity index (χ0v) is 16.1. The Morgan fingerprint density at radius 3 is 2.72 bits per heavy atom. The zero-order chi connectivity index (χ0) is 20.5. The molecule has 0 aliphatic rings. The predicted octanol–water partition coefficient (Wildman–Crippen LogP) is 3.44. The van der Waals surface area contributed by atoms with Crippen molar-refractivity contribution in [3.63, 3.8) is 0 Å². The van der Waals surface area contributed by atoms with Crippen LogP contribution < -0.4 is 5.56 Å². The molecule has 0 amide bonds. The Morgan fingerprint density at radius 1 is 1.21 bits per heavy atom. The van der Waals surface area contributed by atoms with Gasteiger partial charge >= 0.3 is 5.97 Å². The maximum Gasteiger partial charge on any atom is 0.311 e. The molecule has 0 aliphatic carbocycles. The fraction of sp³-hybridized carbons (Fsp3) is 0.200. The summed E-state index contributed by atoms with van der Waals surface area (Å²) in [5, 5.41) is 5.70. The highest BCUT2D eigenvalue weighted by Crippen LogP contribution is 2.26. The second-order valence-electron chi connectivity index (χ2n) is 6.28. The lowest BCUT2D eigenvalue weighted by Crippen LogP contribution is -2.26. The second-order valence-corrected chi connectivity index (χ2v) is 7.36. The van der Waals surface area contributed by atoms with Gasteiger partial charge in [0.25, 0.3) is 5.56 Å². The fourth-order valence-electron chi connectivity index (χ4n) is 3.09. The summed E-state index contributed by atoms with van der Waals surface area (Å²) < 4.78 is 33.8. The maximum absolute atomic E-state index is 14.0. The number of carbonyl (C=O) groups is 1. The molecule has 0 N–H and O–H groups in total. The van der Waals surface area contributed by atoms with Crippen molar-refractivity contribution in [2.45, 2.75) is 19.9 Å². The van der Waals surface area contributed by atoms with Crippen molar-refractivity contribution in [1.29, 1.82) is 0 Å². The van der Waals surface area contributed by atoms with Crippen LogP contribution in [0.1, 0.15) is 17.6 Å². The number of nitrogens with zero attached hydrogens (tertiary/aromatic N) is 3. The number of hydrogen-bond acceptors (Lipinski definition) is 6. The topological polar surface area (TPSA) is 74.1 Å². The van der Waals surface area contributed by atoms with Crippen molar-refractivity contribution >= 4 is 38.3 Å². The van der Waals surface area contributed by atoms with E-state index < -0.39 is 17.6 Å². The number of fused-ring (bicyclic) bond motifs is 2. The molecular weight excluding hydrogens is 400 g/mol. The summed E-state index contributed by atoms with van der Waals surface area (Å²) in [6.45, 7) is 1.92. The normalized spacial score (nSPS) is 11.3. The first kappa shape index (κ1) is 19.1. The van der Waals surface area contributed by atoms with Crippen LogP contribution >= 0.6 is 11.3 Å². The molecule has 0 spiro atoms. The van der Waals surface area contributed by atoms with Crippen molar-refractivity contribution < 1.29 is 18.3 Å². The molecule has 0 aliphatic heterocycles. The first-order valence-corrected chi connectivity index (χ1v) is 9.66. The number of thiazole rings is 1. The molecule has 2 heterocycles. The van der Waals surface area contributed by atoms with Gasteiger partial charge in [-0.25, -0.2) is 18.4 Å². The summed E-state index contributed by atoms with van der Waals surface area (Å²) in [5.74, 6) is -1.87. The van der Waals surface area contributed by atoms with Gasteiger partial charge in [-0.05, 0) is 13.0 Å². The van der Waals surface area contributed by atoms with Gasteiger partial charge in [0, 0.05) is 17.5 Å². The fourth-order valence-corrected chi connectivity index (χ4v) is 4.03. The van der Waals surface area contributed by atoms with E-state index >= 15 is 0 Å². The minimum atomic E-state index is -0.718. The highest BCUT2D eigenvalue weighted by atomic mass is 32.1. The van der Waals surface area contributed by atoms with Gasteiger partial charge in [0.05, 0.1) is 40.9 Å². The SMILES string of the molecule is CCOC(=O)Cc1nn(Cc2nc3cc(F)cc(F)c3s2)c(=O)c2ccccc12. The largest absolute Gasteiger partial charge is 0.466 e. The molecule has 0 bridgehead atoms. The van der Waals surface area contributed by atoms with Crippen LogP contribution in [0.5, 0.6) is 0 Å². The molecule has 2 aromatic carbocycles. The molecule has 0 radical (unpaired) electrons. The Labute approximate surface area is 167 Å². The van der Waals surface area contributed by atoms with Gasteiger partial charge < -0.3 is 4.74 Å². The Bertz CT molecular complexity index is 1300. The van der Waals surface area contributed by atoms with E-state index in [1.807, 2.05) is 0 Å². The molecule has 2 aromatic heterocycles. The molecule has 9 heteroatoms. The monoisotopic (exact) mass is 415 g/mol. The summed E-state index contributed by atoms with van der Waals surface area (Å²) in [5.41, 5.74) is 0.221. The number of benzene rings is 2. The summed E-state index contributed by atoms with van der Waals surface area (Å²) in [6.07, 6.45) is -0.0890. The van der Waals surface area contributed by atoms with Crippen LogP contribution in [0.25, 0.3) is 21.0 Å². The van der Waals surface area contributed by atoms with Crippen molar-refractivity contribution in [2.24, 2.45) is 0 Å². The second kappa shape index (κ2) is 7.67. The minimum Gasteiger partial charge on any atom is -0.466 e. The Kier molecular flexibility index (Phi) is 5.06. The standard InChI is InChI=1S/C20H15F2N3O3S/c1-2-28-18(26)9-15-12-5-3-4-6-13(12)20(27)25(24-15)10-17-23-16-8-11(21)7-14(22)19(16)29-17/h3-8H,2,9-10H2,1H3. The highest BCUT2D eigenvalue weighted by molar-refractivity contribution is 7.18. The van der Waals surface area contributed by atoms with Crippen LogP contribution in [-0.2, 0) is 22.5 Å². The lowest BCUT2D eigenvalue weighted by molar-refractivity contribution is -0.142. The molecule has 29 heavy (non-hydrogen) atoms. The number of halogens is 2. The molecule has 0 unspecified atom stereocenters. The quantitative estimate of drug-likeness (QED) is 0.467. The van der Waals surface area contributed by atoms with Gasteiger partial charge in [-0.2, -0.15) is 5.10 Å². The van der Waals surface area contributed by atoms with E-state index in [-0.39, 0.29) is 35.3 Å². The highest BCUT2D eigenvalue weighted by Gasteiger charge is 2.16. The molecule has 0 atom stereocenters. The number of carbonyl (C=O) groups excluding carboxylic acids is 1. The van der Waals surface area contributed by atoms with E-state index in [1.54, 1.807) is 31.2 Å². The minimum absolute atomic E-state index is 0.0279. The Balaban J connectivity index is 1.79. The van der Waals surface area contributed by atoms with Gasteiger partial charge in [0.15, 0.2) is 0 Å². The van der Waals surface area contributed by atoms with E-state index in [0.29, 0.717) is 21.5 Å². The van der Waals surface area contributed by atoms with Crippen LogP contribution in [0.15, 0.2) is 41.2 Å². The van der Waals surface area contributed by atoms with Gasteiger partial charge in [-0.15, -0.1) is 11.3 Å². The number of esters is 1. The number of hydrogen-bond donors (Lipinski definition) is 0. The molecule has 6 nitrogen and oxygen atoms in total. The summed E-state index contributed by atoms with van der Waals surface area (Å²) in [4.78, 5) is 29.0. The van der Waals surface area contributed by atoms with Gasteiger partial charge in [0.1, 0.15) is 16.6 Å². The third-order valence-corrected chi connectivity index (χ3v) is 5.36. The maximum atomic E-state index is 14.0. The van der Waals surface area contributed by atoms with E-state index in [0.717, 1.165) is 23.5 Å². The van der Waals surface area contributed by atoms with Crippen molar-refractivity contribution in [2.75, 3.05) is 6.61 Å². The zero-order valence-electron chi connectivity index (χ0n) is 15.3. The van der Waals surface area contributed by atoms with Crippen LogP contribution in [0.3, 0.4) is 0 Å². The van der Waals surface area contributed by atoms with Crippen LogP contribution in [0, 0.1) is 11.6 Å². The number of rotatable bonds is 5. The number of ether oxygens (including phenoxy) is 1. The Morgan fingerprint density at radius 2 is 1.97 bits per heavy atom. The lowest BCUT2D eigenvalue weighted by Gasteiger charge is -2.10. The molecule has 4 aromatic rings. The van der Waals surface area contributed by atoms with Gasteiger partial charge in [-0.3, -0.25) is 9.59 Å². The van der Waals surface area contributed by atoms with Crippen LogP contribution in [0.4, 0.5) is 8.78 Å². The van der Waals surface area contributed by atoms with E-state index in [9.17, 15) is 18.4 Å². The van der Waals surface area contributed by atoms with Crippen molar-refractivity contribution in [3.8, 4) is 0 Å². The third kappa shape index (κ3) is 3.73. The lowest BCUT2D eigenvalue weighted by atomic mass is 10.1.